The predicted octanol–water partition coefficient (Wildman–Crippen LogP) is 1.31. The van der Waals surface area contributed by atoms with Gasteiger partial charge in [-0.05, 0) is 31.6 Å². The van der Waals surface area contributed by atoms with E-state index in [0.717, 1.165) is 6.54 Å². The molecule has 1 aromatic rings. The van der Waals surface area contributed by atoms with E-state index in [0.29, 0.717) is 17.7 Å². The lowest BCUT2D eigenvalue weighted by Gasteiger charge is -2.28. The minimum absolute atomic E-state index is 0.0110. The SMILES string of the molecule is CN(C)CC(C)(C)CNC(=O)c1ccccc1C#CCN. The van der Waals surface area contributed by atoms with E-state index in [4.69, 9.17) is 5.73 Å². The first-order chi connectivity index (χ1) is 9.85. The van der Waals surface area contributed by atoms with E-state index in [1.165, 1.54) is 0 Å². The van der Waals surface area contributed by atoms with E-state index in [2.05, 4.69) is 35.9 Å². The van der Waals surface area contributed by atoms with E-state index in [1.807, 2.05) is 32.3 Å². The molecule has 1 rings (SSSR count). The lowest BCUT2D eigenvalue weighted by Crippen LogP contribution is -2.40. The molecule has 0 aliphatic rings. The molecule has 0 aromatic heterocycles. The fourth-order valence-corrected chi connectivity index (χ4v) is 2.26. The van der Waals surface area contributed by atoms with E-state index >= 15 is 0 Å². The molecule has 0 spiro atoms. The second-order valence-corrected chi connectivity index (χ2v) is 6.14. The number of nitrogens with two attached hydrogens (primary N) is 1. The molecule has 3 N–H and O–H groups in total. The average Bonchev–Trinajstić information content (AvgIpc) is 2.41. The second kappa shape index (κ2) is 7.82. The van der Waals surface area contributed by atoms with E-state index < -0.39 is 0 Å². The van der Waals surface area contributed by atoms with Crippen molar-refractivity contribution in [2.75, 3.05) is 33.7 Å². The molecule has 1 amide bonds. The van der Waals surface area contributed by atoms with Gasteiger partial charge < -0.3 is 16.0 Å². The summed E-state index contributed by atoms with van der Waals surface area (Å²) < 4.78 is 0. The normalized spacial score (nSPS) is 11.0. The monoisotopic (exact) mass is 287 g/mol. The Labute approximate surface area is 127 Å². The molecule has 0 saturated carbocycles. The number of nitrogens with one attached hydrogen (secondary N) is 1. The maximum atomic E-state index is 12.3. The summed E-state index contributed by atoms with van der Waals surface area (Å²) in [6.45, 7) is 6.07. The molecule has 4 heteroatoms. The molecule has 114 valence electrons. The Kier molecular flexibility index (Phi) is 6.41. The maximum Gasteiger partial charge on any atom is 0.252 e. The first-order valence-electron chi connectivity index (χ1n) is 7.06. The van der Waals surface area contributed by atoms with Crippen LogP contribution in [0.4, 0.5) is 0 Å². The zero-order chi connectivity index (χ0) is 15.9. The van der Waals surface area contributed by atoms with Gasteiger partial charge in [0.15, 0.2) is 0 Å². The Morgan fingerprint density at radius 3 is 2.62 bits per heavy atom. The van der Waals surface area contributed by atoms with Crippen LogP contribution in [-0.2, 0) is 0 Å². The molecule has 0 bridgehead atoms. The lowest BCUT2D eigenvalue weighted by atomic mass is 9.92. The summed E-state index contributed by atoms with van der Waals surface area (Å²) in [7, 11) is 4.06. The van der Waals surface area contributed by atoms with Crippen LogP contribution in [0, 0.1) is 17.3 Å². The average molecular weight is 287 g/mol. The number of benzene rings is 1. The number of hydrogen-bond donors (Lipinski definition) is 2. The molecular weight excluding hydrogens is 262 g/mol. The highest BCUT2D eigenvalue weighted by molar-refractivity contribution is 5.96. The van der Waals surface area contributed by atoms with Crippen LogP contribution in [0.2, 0.25) is 0 Å². The third-order valence-electron chi connectivity index (χ3n) is 2.97. The van der Waals surface area contributed by atoms with Crippen molar-refractivity contribution in [2.24, 2.45) is 11.1 Å². The lowest BCUT2D eigenvalue weighted by molar-refractivity contribution is 0.0929. The van der Waals surface area contributed by atoms with Gasteiger partial charge in [0.2, 0.25) is 0 Å². The van der Waals surface area contributed by atoms with Crippen LogP contribution >= 0.6 is 0 Å². The number of hydrogen-bond acceptors (Lipinski definition) is 3. The molecule has 0 heterocycles. The van der Waals surface area contributed by atoms with Crippen LogP contribution in [0.25, 0.3) is 0 Å². The van der Waals surface area contributed by atoms with Gasteiger partial charge >= 0.3 is 0 Å². The Balaban J connectivity index is 2.77. The fraction of sp³-hybridized carbons (Fsp3) is 0.471. The van der Waals surface area contributed by atoms with Gasteiger partial charge in [-0.15, -0.1) is 0 Å². The number of carbonyl (C=O) groups excluding carboxylic acids is 1. The predicted molar refractivity (Wildman–Crippen MR) is 87.0 cm³/mol. The molecule has 0 radical (unpaired) electrons. The van der Waals surface area contributed by atoms with Crippen LogP contribution in [-0.4, -0.2) is 44.5 Å². The Bertz CT molecular complexity index is 538. The summed E-state index contributed by atoms with van der Waals surface area (Å²) in [5, 5.41) is 3.00. The van der Waals surface area contributed by atoms with Gasteiger partial charge in [0.05, 0.1) is 12.1 Å². The quantitative estimate of drug-likeness (QED) is 0.803. The molecule has 0 aliphatic carbocycles. The molecule has 0 unspecified atom stereocenters. The second-order valence-electron chi connectivity index (χ2n) is 6.14. The summed E-state index contributed by atoms with van der Waals surface area (Å²) >= 11 is 0. The first-order valence-corrected chi connectivity index (χ1v) is 7.06. The molecule has 1 aromatic carbocycles. The zero-order valence-corrected chi connectivity index (χ0v) is 13.4. The highest BCUT2D eigenvalue weighted by atomic mass is 16.1. The maximum absolute atomic E-state index is 12.3. The minimum atomic E-state index is -0.0937. The first kappa shape index (κ1) is 17.2. The molecular formula is C17H25N3O. The van der Waals surface area contributed by atoms with Crippen molar-refractivity contribution in [3.05, 3.63) is 35.4 Å². The Hall–Kier alpha value is -1.83. The third kappa shape index (κ3) is 5.99. The van der Waals surface area contributed by atoms with Crippen molar-refractivity contribution >= 4 is 5.91 Å². The van der Waals surface area contributed by atoms with Crippen LogP contribution < -0.4 is 11.1 Å². The van der Waals surface area contributed by atoms with Crippen molar-refractivity contribution in [3.8, 4) is 11.8 Å². The van der Waals surface area contributed by atoms with Gasteiger partial charge in [0.1, 0.15) is 0 Å². The third-order valence-corrected chi connectivity index (χ3v) is 2.97. The molecule has 0 aliphatic heterocycles. The smallest absolute Gasteiger partial charge is 0.252 e. The van der Waals surface area contributed by atoms with Crippen LogP contribution in [0.5, 0.6) is 0 Å². The number of amides is 1. The largest absolute Gasteiger partial charge is 0.351 e. The fourth-order valence-electron chi connectivity index (χ4n) is 2.26. The minimum Gasteiger partial charge on any atom is -0.351 e. The van der Waals surface area contributed by atoms with Gasteiger partial charge in [-0.2, -0.15) is 0 Å². The number of nitrogens with zero attached hydrogens (tertiary/aromatic N) is 1. The summed E-state index contributed by atoms with van der Waals surface area (Å²) in [6.07, 6.45) is 0. The van der Waals surface area contributed by atoms with Gasteiger partial charge in [-0.3, -0.25) is 4.79 Å². The van der Waals surface area contributed by atoms with Crippen molar-refractivity contribution in [1.29, 1.82) is 0 Å². The van der Waals surface area contributed by atoms with Crippen molar-refractivity contribution in [1.82, 2.24) is 10.2 Å². The topological polar surface area (TPSA) is 58.4 Å². The number of rotatable bonds is 5. The molecule has 0 atom stereocenters. The number of carbonyl (C=O) groups is 1. The summed E-state index contributed by atoms with van der Waals surface area (Å²) in [6, 6.07) is 7.33. The van der Waals surface area contributed by atoms with Crippen molar-refractivity contribution < 1.29 is 4.79 Å². The molecule has 4 nitrogen and oxygen atoms in total. The molecule has 0 fully saturated rings. The highest BCUT2D eigenvalue weighted by Gasteiger charge is 2.20. The van der Waals surface area contributed by atoms with E-state index in [-0.39, 0.29) is 17.9 Å². The van der Waals surface area contributed by atoms with Gasteiger partial charge in [0.25, 0.3) is 5.91 Å². The summed E-state index contributed by atoms with van der Waals surface area (Å²) in [4.78, 5) is 14.5. The summed E-state index contributed by atoms with van der Waals surface area (Å²) in [5.74, 6) is 5.63. The molecule has 0 saturated heterocycles. The van der Waals surface area contributed by atoms with Crippen molar-refractivity contribution in [3.63, 3.8) is 0 Å². The van der Waals surface area contributed by atoms with Gasteiger partial charge in [-0.25, -0.2) is 0 Å². The van der Waals surface area contributed by atoms with E-state index in [9.17, 15) is 4.79 Å². The standard InChI is InChI=1S/C17H25N3O/c1-17(2,13-20(3)4)12-19-16(21)15-10-6-5-8-14(15)9-7-11-18/h5-6,8,10H,11-13,18H2,1-4H3,(H,19,21). The zero-order valence-electron chi connectivity index (χ0n) is 13.4. The van der Waals surface area contributed by atoms with Gasteiger partial charge in [0, 0.05) is 18.7 Å². The van der Waals surface area contributed by atoms with Gasteiger partial charge in [-0.1, -0.05) is 37.8 Å². The van der Waals surface area contributed by atoms with Crippen molar-refractivity contribution in [2.45, 2.75) is 13.8 Å². The Morgan fingerprint density at radius 2 is 2.00 bits per heavy atom. The van der Waals surface area contributed by atoms with E-state index in [1.54, 1.807) is 6.07 Å². The van der Waals surface area contributed by atoms with Crippen LogP contribution in [0.3, 0.4) is 0 Å². The highest BCUT2D eigenvalue weighted by Crippen LogP contribution is 2.15. The molecule has 21 heavy (non-hydrogen) atoms. The summed E-state index contributed by atoms with van der Waals surface area (Å²) in [5.41, 5.74) is 6.71. The van der Waals surface area contributed by atoms with Crippen LogP contribution in [0.1, 0.15) is 29.8 Å². The van der Waals surface area contributed by atoms with Crippen LogP contribution in [0.15, 0.2) is 24.3 Å². The Morgan fingerprint density at radius 1 is 1.33 bits per heavy atom.